The molecule has 1 atom stereocenters. The van der Waals surface area contributed by atoms with Gasteiger partial charge in [-0.05, 0) is 42.7 Å². The Morgan fingerprint density at radius 2 is 1.95 bits per heavy atom. The summed E-state index contributed by atoms with van der Waals surface area (Å²) in [4.78, 5) is 14.4. The van der Waals surface area contributed by atoms with Gasteiger partial charge in [0, 0.05) is 17.3 Å². The molecule has 1 aliphatic rings. The monoisotopic (exact) mass is 285 g/mol. The summed E-state index contributed by atoms with van der Waals surface area (Å²) in [5.74, 6) is 0.0956. The Morgan fingerprint density at radius 3 is 2.70 bits per heavy atom. The van der Waals surface area contributed by atoms with E-state index in [1.165, 1.54) is 0 Å². The Hall–Kier alpha value is -1.80. The standard InChI is InChI=1S/C17H16ClNO/c1-2-19-16-9-4-3-8-14(16)15(17(19)20)11-12-6-5-7-13(18)10-12/h3-10,15H,2,11H2,1H3/t15-/m1/s1. The average molecular weight is 286 g/mol. The predicted molar refractivity (Wildman–Crippen MR) is 82.4 cm³/mol. The predicted octanol–water partition coefficient (Wildman–Crippen LogP) is 4.03. The van der Waals surface area contributed by atoms with E-state index in [-0.39, 0.29) is 11.8 Å². The summed E-state index contributed by atoms with van der Waals surface area (Å²) in [5, 5.41) is 0.716. The second-order valence-electron chi connectivity index (χ2n) is 5.03. The number of fused-ring (bicyclic) bond motifs is 1. The lowest BCUT2D eigenvalue weighted by Gasteiger charge is -2.15. The van der Waals surface area contributed by atoms with Gasteiger partial charge in [-0.15, -0.1) is 0 Å². The van der Waals surface area contributed by atoms with Crippen molar-refractivity contribution in [1.29, 1.82) is 0 Å². The first kappa shape index (κ1) is 13.2. The van der Waals surface area contributed by atoms with Crippen molar-refractivity contribution in [3.63, 3.8) is 0 Å². The Bertz CT molecular complexity index is 653. The van der Waals surface area contributed by atoms with E-state index in [9.17, 15) is 4.79 Å². The van der Waals surface area contributed by atoms with Crippen LogP contribution in [0.1, 0.15) is 24.0 Å². The van der Waals surface area contributed by atoms with Crippen LogP contribution >= 0.6 is 11.6 Å². The van der Waals surface area contributed by atoms with Crippen LogP contribution < -0.4 is 4.90 Å². The Morgan fingerprint density at radius 1 is 1.15 bits per heavy atom. The van der Waals surface area contributed by atoms with Crippen LogP contribution in [0.4, 0.5) is 5.69 Å². The van der Waals surface area contributed by atoms with Gasteiger partial charge in [-0.25, -0.2) is 0 Å². The van der Waals surface area contributed by atoms with Crippen molar-refractivity contribution in [3.8, 4) is 0 Å². The van der Waals surface area contributed by atoms with Crippen LogP contribution in [-0.4, -0.2) is 12.5 Å². The average Bonchev–Trinajstić information content (AvgIpc) is 2.72. The first-order chi connectivity index (χ1) is 9.70. The summed E-state index contributed by atoms with van der Waals surface area (Å²) in [6.07, 6.45) is 0.701. The van der Waals surface area contributed by atoms with Gasteiger partial charge in [0.25, 0.3) is 0 Å². The topological polar surface area (TPSA) is 20.3 Å². The number of benzene rings is 2. The van der Waals surface area contributed by atoms with Crippen molar-refractivity contribution in [2.24, 2.45) is 0 Å². The summed E-state index contributed by atoms with van der Waals surface area (Å²) in [6.45, 7) is 2.72. The van der Waals surface area contributed by atoms with Crippen molar-refractivity contribution >= 4 is 23.2 Å². The van der Waals surface area contributed by atoms with E-state index in [4.69, 9.17) is 11.6 Å². The highest BCUT2D eigenvalue weighted by molar-refractivity contribution is 6.30. The quantitative estimate of drug-likeness (QED) is 0.834. The van der Waals surface area contributed by atoms with Gasteiger partial charge in [0.2, 0.25) is 5.91 Å². The maximum atomic E-state index is 12.6. The molecule has 3 heteroatoms. The highest BCUT2D eigenvalue weighted by atomic mass is 35.5. The first-order valence-electron chi connectivity index (χ1n) is 6.85. The van der Waals surface area contributed by atoms with Crippen LogP contribution in [0, 0.1) is 0 Å². The molecule has 0 radical (unpaired) electrons. The molecule has 1 amide bonds. The third-order valence-corrected chi connectivity index (χ3v) is 4.05. The first-order valence-corrected chi connectivity index (χ1v) is 7.23. The molecule has 20 heavy (non-hydrogen) atoms. The maximum Gasteiger partial charge on any atom is 0.234 e. The van der Waals surface area contributed by atoms with Gasteiger partial charge in [-0.3, -0.25) is 4.79 Å². The molecule has 0 aliphatic carbocycles. The molecule has 0 unspecified atom stereocenters. The number of carbonyl (C=O) groups excluding carboxylic acids is 1. The van der Waals surface area contributed by atoms with E-state index in [2.05, 4.69) is 6.07 Å². The lowest BCUT2D eigenvalue weighted by molar-refractivity contribution is -0.119. The number of rotatable bonds is 3. The second kappa shape index (κ2) is 5.29. The molecular weight excluding hydrogens is 270 g/mol. The smallest absolute Gasteiger partial charge is 0.234 e. The lowest BCUT2D eigenvalue weighted by atomic mass is 9.93. The normalized spacial score (nSPS) is 17.4. The molecule has 0 bridgehead atoms. The van der Waals surface area contributed by atoms with E-state index in [1.807, 2.05) is 54.3 Å². The molecule has 0 saturated carbocycles. The number of hydrogen-bond acceptors (Lipinski definition) is 1. The third kappa shape index (κ3) is 2.20. The van der Waals surface area contributed by atoms with Crippen molar-refractivity contribution in [2.45, 2.75) is 19.3 Å². The minimum absolute atomic E-state index is 0.0929. The van der Waals surface area contributed by atoms with Crippen LogP contribution in [0.25, 0.3) is 0 Å². The van der Waals surface area contributed by atoms with Crippen LogP contribution in [-0.2, 0) is 11.2 Å². The molecule has 2 aromatic carbocycles. The zero-order valence-corrected chi connectivity index (χ0v) is 12.1. The molecule has 0 fully saturated rings. The molecule has 0 spiro atoms. The number of para-hydroxylation sites is 1. The number of hydrogen-bond donors (Lipinski definition) is 0. The molecule has 3 rings (SSSR count). The van der Waals surface area contributed by atoms with E-state index in [1.54, 1.807) is 0 Å². The van der Waals surface area contributed by atoms with Gasteiger partial charge >= 0.3 is 0 Å². The van der Waals surface area contributed by atoms with Crippen LogP contribution in [0.3, 0.4) is 0 Å². The summed E-state index contributed by atoms with van der Waals surface area (Å²) in [6, 6.07) is 15.8. The summed E-state index contributed by atoms with van der Waals surface area (Å²) >= 11 is 6.03. The third-order valence-electron chi connectivity index (χ3n) is 3.81. The van der Waals surface area contributed by atoms with Gasteiger partial charge in [-0.1, -0.05) is 41.9 Å². The van der Waals surface area contributed by atoms with Crippen molar-refractivity contribution in [1.82, 2.24) is 0 Å². The Kier molecular flexibility index (Phi) is 3.49. The fourth-order valence-corrected chi connectivity index (χ4v) is 3.10. The molecule has 102 valence electrons. The van der Waals surface area contributed by atoms with Gasteiger partial charge in [0.1, 0.15) is 0 Å². The zero-order chi connectivity index (χ0) is 14.1. The van der Waals surface area contributed by atoms with Gasteiger partial charge in [-0.2, -0.15) is 0 Å². The molecular formula is C17H16ClNO. The zero-order valence-electron chi connectivity index (χ0n) is 11.3. The fraction of sp³-hybridized carbons (Fsp3) is 0.235. The summed E-state index contributed by atoms with van der Waals surface area (Å²) in [5.41, 5.74) is 3.27. The van der Waals surface area contributed by atoms with Gasteiger partial charge in [0.05, 0.1) is 5.92 Å². The SMILES string of the molecule is CCN1C(=O)[C@H](Cc2cccc(Cl)c2)c2ccccc21. The molecule has 0 N–H and O–H groups in total. The van der Waals surface area contributed by atoms with Crippen LogP contribution in [0.2, 0.25) is 5.02 Å². The molecule has 0 saturated heterocycles. The largest absolute Gasteiger partial charge is 0.312 e. The molecule has 1 heterocycles. The summed E-state index contributed by atoms with van der Waals surface area (Å²) in [7, 11) is 0. The number of halogens is 1. The molecule has 2 aromatic rings. The number of likely N-dealkylation sites (N-methyl/N-ethyl adjacent to an activating group) is 1. The van der Waals surface area contributed by atoms with E-state index < -0.39 is 0 Å². The minimum atomic E-state index is -0.0929. The summed E-state index contributed by atoms with van der Waals surface area (Å²) < 4.78 is 0. The van der Waals surface area contributed by atoms with Crippen molar-refractivity contribution in [2.75, 3.05) is 11.4 Å². The number of carbonyl (C=O) groups is 1. The van der Waals surface area contributed by atoms with Crippen molar-refractivity contribution < 1.29 is 4.79 Å². The number of nitrogens with zero attached hydrogens (tertiary/aromatic N) is 1. The molecule has 1 aliphatic heterocycles. The van der Waals surface area contributed by atoms with Crippen LogP contribution in [0.15, 0.2) is 48.5 Å². The Labute approximate surface area is 124 Å². The van der Waals surface area contributed by atoms with Crippen molar-refractivity contribution in [3.05, 3.63) is 64.7 Å². The molecule has 2 nitrogen and oxygen atoms in total. The van der Waals surface area contributed by atoms with E-state index in [0.717, 1.165) is 16.8 Å². The number of amides is 1. The lowest BCUT2D eigenvalue weighted by Crippen LogP contribution is -2.29. The number of anilines is 1. The van der Waals surface area contributed by atoms with Gasteiger partial charge < -0.3 is 4.90 Å². The van der Waals surface area contributed by atoms with E-state index >= 15 is 0 Å². The highest BCUT2D eigenvalue weighted by Gasteiger charge is 2.35. The highest BCUT2D eigenvalue weighted by Crippen LogP contribution is 2.38. The van der Waals surface area contributed by atoms with E-state index in [0.29, 0.717) is 18.0 Å². The van der Waals surface area contributed by atoms with Gasteiger partial charge in [0.15, 0.2) is 0 Å². The fourth-order valence-electron chi connectivity index (χ4n) is 2.89. The minimum Gasteiger partial charge on any atom is -0.312 e. The van der Waals surface area contributed by atoms with Crippen LogP contribution in [0.5, 0.6) is 0 Å². The second-order valence-corrected chi connectivity index (χ2v) is 5.46. The molecule has 0 aromatic heterocycles. The Balaban J connectivity index is 1.96. The maximum absolute atomic E-state index is 12.6.